The SMILES string of the molecule is CC(C)n1cnc2cc(-c3ccc4c(c3)N(C3CC(N5C6CCC5COC6)C3)C(=O)C43CCN(C(=O)C4(C)CCN(C(=O)C5CCN(c6ccc(C7CCC(=O)NC7=O)cn6)CC5)CC4)CC3)nc(NC3CC3)c21. The molecule has 3 aromatic heterocycles. The van der Waals surface area contributed by atoms with Gasteiger partial charge in [0.25, 0.3) is 0 Å². The molecule has 3 unspecified atom stereocenters. The Hall–Kier alpha value is -5.94. The van der Waals surface area contributed by atoms with Crippen LogP contribution >= 0.6 is 0 Å². The number of aromatic nitrogens is 4. The van der Waals surface area contributed by atoms with Crippen LogP contribution in [0.15, 0.2) is 48.9 Å². The number of hydrogen-bond acceptors (Lipinski definition) is 12. The third-order valence-corrected chi connectivity index (χ3v) is 19.1. The van der Waals surface area contributed by atoms with Gasteiger partial charge in [0.05, 0.1) is 42.1 Å². The van der Waals surface area contributed by atoms with Gasteiger partial charge in [0, 0.05) is 111 Å². The molecule has 1 aromatic carbocycles. The smallest absolute Gasteiger partial charge is 0.238 e. The van der Waals surface area contributed by atoms with Crippen LogP contribution in [-0.2, 0) is 34.1 Å². The Morgan fingerprint density at radius 3 is 2.20 bits per heavy atom. The number of nitrogens with zero attached hydrogens (tertiary/aromatic N) is 9. The molecule has 6 saturated heterocycles. The molecule has 2 N–H and O–H groups in total. The van der Waals surface area contributed by atoms with Crippen molar-refractivity contribution in [3.05, 3.63) is 60.0 Å². The largest absolute Gasteiger partial charge is 0.378 e. The summed E-state index contributed by atoms with van der Waals surface area (Å²) in [5.41, 5.74) is 5.36. The summed E-state index contributed by atoms with van der Waals surface area (Å²) in [4.78, 5) is 94.0. The van der Waals surface area contributed by atoms with Gasteiger partial charge in [0.1, 0.15) is 11.3 Å². The average Bonchev–Trinajstić information content (AvgIpc) is 4.01. The van der Waals surface area contributed by atoms with E-state index in [1.807, 2.05) is 28.3 Å². The van der Waals surface area contributed by atoms with Crippen molar-refractivity contribution >= 4 is 57.9 Å². The maximum absolute atomic E-state index is 15.4. The number of piperidine rings is 4. The number of pyridine rings is 2. The standard InChI is InChI=1S/C57H71N11O6/c1-34(2)66-33-59-46-29-45(61-51(50(46)66)60-38-6-7-38)36-4-11-44-47(26-36)68(42-27-41(28-42)67-39-8-9-40(67)32-74-31-39)55(73)57(44)18-24-65(25-19-57)54(72)56(3)16-22-64(23-17-56)53(71)35-14-20-63(21-15-35)48-12-5-37(30-58-48)43-10-13-49(69)62-52(43)70/h4-5,11-12,26,29-30,33-35,38-43H,6-10,13-25,27-28,31-32H2,1-3H3,(H,60,61)(H,62,69,70). The van der Waals surface area contributed by atoms with Crippen LogP contribution in [0.3, 0.4) is 0 Å². The lowest BCUT2D eigenvalue weighted by atomic mass is 9.72. The fourth-order valence-electron chi connectivity index (χ4n) is 14.3. The fourth-order valence-corrected chi connectivity index (χ4v) is 14.3. The minimum absolute atomic E-state index is 0.0774. The summed E-state index contributed by atoms with van der Waals surface area (Å²) in [6, 6.07) is 14.7. The van der Waals surface area contributed by atoms with E-state index in [9.17, 15) is 19.2 Å². The van der Waals surface area contributed by atoms with Crippen LogP contribution in [0.1, 0.15) is 134 Å². The summed E-state index contributed by atoms with van der Waals surface area (Å²) in [5, 5.41) is 6.14. The summed E-state index contributed by atoms with van der Waals surface area (Å²) >= 11 is 0. The number of fused-ring (bicyclic) bond motifs is 5. The third-order valence-electron chi connectivity index (χ3n) is 19.1. The van der Waals surface area contributed by atoms with Crippen LogP contribution in [0.4, 0.5) is 17.3 Å². The maximum Gasteiger partial charge on any atom is 0.238 e. The number of hydrogen-bond donors (Lipinski definition) is 2. The van der Waals surface area contributed by atoms with Gasteiger partial charge in [-0.05, 0) is 127 Å². The molecule has 2 saturated carbocycles. The Morgan fingerprint density at radius 2 is 1.53 bits per heavy atom. The predicted octanol–water partition coefficient (Wildman–Crippen LogP) is 6.32. The van der Waals surface area contributed by atoms with Crippen LogP contribution < -0.4 is 20.4 Å². The number of imidazole rings is 1. The molecule has 5 amide bonds. The Kier molecular flexibility index (Phi) is 11.9. The van der Waals surface area contributed by atoms with Crippen molar-refractivity contribution in [3.8, 4) is 11.3 Å². The quantitative estimate of drug-likeness (QED) is 0.170. The molecule has 10 heterocycles. The van der Waals surface area contributed by atoms with Gasteiger partial charge < -0.3 is 34.2 Å². The van der Waals surface area contributed by atoms with Gasteiger partial charge in [-0.2, -0.15) is 0 Å². The molecule has 7 aliphatic heterocycles. The maximum atomic E-state index is 15.4. The van der Waals surface area contributed by atoms with Crippen molar-refractivity contribution in [3.63, 3.8) is 0 Å². The Bertz CT molecular complexity index is 2870. The molecule has 1 spiro atoms. The number of ether oxygens (including phenoxy) is 1. The first kappa shape index (κ1) is 47.8. The topological polar surface area (TPSA) is 178 Å². The highest BCUT2D eigenvalue weighted by molar-refractivity contribution is 6.09. The summed E-state index contributed by atoms with van der Waals surface area (Å²) in [6.45, 7) is 11.6. The van der Waals surface area contributed by atoms with E-state index in [0.717, 1.165) is 102 Å². The minimum atomic E-state index is -0.707. The van der Waals surface area contributed by atoms with Crippen LogP contribution in [0.2, 0.25) is 0 Å². The summed E-state index contributed by atoms with van der Waals surface area (Å²) in [5.74, 6) is 1.24. The lowest BCUT2D eigenvalue weighted by Gasteiger charge is -2.50. The molecule has 2 aliphatic carbocycles. The molecule has 390 valence electrons. The van der Waals surface area contributed by atoms with Gasteiger partial charge >= 0.3 is 0 Å². The van der Waals surface area contributed by atoms with Crippen molar-refractivity contribution in [2.45, 2.75) is 158 Å². The summed E-state index contributed by atoms with van der Waals surface area (Å²) in [6.07, 6.45) is 14.9. The van der Waals surface area contributed by atoms with Crippen molar-refractivity contribution in [1.29, 1.82) is 0 Å². The average molecular weight is 1010 g/mol. The molecule has 17 nitrogen and oxygen atoms in total. The van der Waals surface area contributed by atoms with Gasteiger partial charge in [-0.15, -0.1) is 0 Å². The van der Waals surface area contributed by atoms with Gasteiger partial charge in [-0.1, -0.05) is 25.1 Å². The van der Waals surface area contributed by atoms with Crippen LogP contribution in [-0.4, -0.2) is 146 Å². The number of amides is 5. The molecule has 2 bridgehead atoms. The van der Waals surface area contributed by atoms with Crippen molar-refractivity contribution in [2.75, 3.05) is 67.6 Å². The molecule has 13 rings (SSSR count). The Balaban J connectivity index is 0.676. The highest BCUT2D eigenvalue weighted by Crippen LogP contribution is 2.53. The first-order valence-corrected chi connectivity index (χ1v) is 27.9. The summed E-state index contributed by atoms with van der Waals surface area (Å²) in [7, 11) is 0. The zero-order valence-corrected chi connectivity index (χ0v) is 43.3. The number of rotatable bonds is 10. The van der Waals surface area contributed by atoms with Gasteiger partial charge in [0.2, 0.25) is 29.5 Å². The second kappa shape index (κ2) is 18.4. The molecule has 0 radical (unpaired) electrons. The second-order valence-corrected chi connectivity index (χ2v) is 23.9. The minimum Gasteiger partial charge on any atom is -0.378 e. The molecule has 9 aliphatic rings. The summed E-state index contributed by atoms with van der Waals surface area (Å²) < 4.78 is 8.15. The first-order valence-electron chi connectivity index (χ1n) is 27.9. The highest BCUT2D eigenvalue weighted by atomic mass is 16.5. The first-order chi connectivity index (χ1) is 35.8. The highest BCUT2D eigenvalue weighted by Gasteiger charge is 2.58. The van der Waals surface area contributed by atoms with Crippen LogP contribution in [0, 0.1) is 11.3 Å². The normalized spacial score (nSPS) is 28.0. The number of anilines is 3. The number of benzene rings is 1. The zero-order valence-electron chi connectivity index (χ0n) is 43.3. The van der Waals surface area contributed by atoms with Gasteiger partial charge in [-0.3, -0.25) is 34.2 Å². The number of carbonyl (C=O) groups is 5. The number of likely N-dealkylation sites (tertiary alicyclic amines) is 2. The van der Waals surface area contributed by atoms with E-state index < -0.39 is 10.8 Å². The number of nitrogens with one attached hydrogen (secondary N) is 2. The second-order valence-electron chi connectivity index (χ2n) is 23.9. The lowest BCUT2D eigenvalue weighted by molar-refractivity contribution is -0.150. The third kappa shape index (κ3) is 8.16. The molecular weight excluding hydrogens is 935 g/mol. The van der Waals surface area contributed by atoms with E-state index in [0.29, 0.717) is 102 Å². The van der Waals surface area contributed by atoms with E-state index in [-0.39, 0.29) is 53.5 Å². The Labute approximate surface area is 433 Å². The number of imide groups is 1. The van der Waals surface area contributed by atoms with E-state index in [1.165, 1.54) is 12.8 Å². The zero-order chi connectivity index (χ0) is 50.6. The van der Waals surface area contributed by atoms with Crippen molar-refractivity contribution in [2.24, 2.45) is 11.3 Å². The predicted molar refractivity (Wildman–Crippen MR) is 279 cm³/mol. The molecule has 17 heteroatoms. The monoisotopic (exact) mass is 1010 g/mol. The van der Waals surface area contributed by atoms with E-state index >= 15 is 4.79 Å². The van der Waals surface area contributed by atoms with Crippen LogP contribution in [0.25, 0.3) is 22.3 Å². The molecule has 3 atom stereocenters. The fraction of sp³-hybridized carbons (Fsp3) is 0.614. The molecular formula is C57H71N11O6. The number of carbonyl (C=O) groups excluding carboxylic acids is 5. The van der Waals surface area contributed by atoms with Gasteiger partial charge in [-0.25, -0.2) is 15.0 Å². The molecule has 8 fully saturated rings. The van der Waals surface area contributed by atoms with E-state index in [2.05, 4.69) is 79.9 Å². The Morgan fingerprint density at radius 1 is 0.797 bits per heavy atom. The van der Waals surface area contributed by atoms with E-state index in [1.54, 1.807) is 6.20 Å². The van der Waals surface area contributed by atoms with Crippen molar-refractivity contribution < 1.29 is 28.7 Å². The van der Waals surface area contributed by atoms with Crippen molar-refractivity contribution in [1.82, 2.24) is 39.5 Å². The number of morpholine rings is 1. The van der Waals surface area contributed by atoms with Gasteiger partial charge in [0.15, 0.2) is 5.82 Å². The lowest BCUT2D eigenvalue weighted by Crippen LogP contribution is -2.62. The molecule has 74 heavy (non-hydrogen) atoms. The van der Waals surface area contributed by atoms with E-state index in [4.69, 9.17) is 14.7 Å². The van der Waals surface area contributed by atoms with Crippen LogP contribution in [0.5, 0.6) is 0 Å². The molecule has 4 aromatic rings.